The quantitative estimate of drug-likeness (QED) is 0.789. The molecule has 1 N–H and O–H groups in total. The summed E-state index contributed by atoms with van der Waals surface area (Å²) in [6.45, 7) is 13.2. The highest BCUT2D eigenvalue weighted by Crippen LogP contribution is 2.42. The zero-order valence-electron chi connectivity index (χ0n) is 14.3. The largest absolute Gasteiger partial charge is 0.313 e. The van der Waals surface area contributed by atoms with Crippen LogP contribution in [-0.4, -0.2) is 36.6 Å². The van der Waals surface area contributed by atoms with E-state index in [4.69, 9.17) is 0 Å². The first-order valence-corrected chi connectivity index (χ1v) is 9.06. The molecule has 2 rings (SSSR count). The standard InChI is InChI=1S/C18H36N2/c1-5-19-17-15(12-13-18(17,3)4)14-20(6-2)16-10-8-7-9-11-16/h15-17,19H,5-14H2,1-4H3. The highest BCUT2D eigenvalue weighted by Gasteiger charge is 2.42. The van der Waals surface area contributed by atoms with E-state index < -0.39 is 0 Å². The minimum Gasteiger partial charge on any atom is -0.313 e. The van der Waals surface area contributed by atoms with Crippen LogP contribution < -0.4 is 5.32 Å². The Morgan fingerprint density at radius 1 is 1.05 bits per heavy atom. The van der Waals surface area contributed by atoms with E-state index in [1.807, 2.05) is 0 Å². The van der Waals surface area contributed by atoms with Crippen molar-refractivity contribution in [3.63, 3.8) is 0 Å². The summed E-state index contributed by atoms with van der Waals surface area (Å²) >= 11 is 0. The van der Waals surface area contributed by atoms with Crippen LogP contribution >= 0.6 is 0 Å². The molecule has 0 spiro atoms. The van der Waals surface area contributed by atoms with Crippen molar-refractivity contribution >= 4 is 0 Å². The van der Waals surface area contributed by atoms with Gasteiger partial charge in [-0.2, -0.15) is 0 Å². The van der Waals surface area contributed by atoms with Gasteiger partial charge in [-0.3, -0.25) is 0 Å². The molecule has 2 heteroatoms. The predicted molar refractivity (Wildman–Crippen MR) is 88.1 cm³/mol. The average Bonchev–Trinajstić information content (AvgIpc) is 2.73. The fourth-order valence-corrected chi connectivity index (χ4v) is 4.66. The molecule has 2 nitrogen and oxygen atoms in total. The molecule has 0 aromatic rings. The summed E-state index contributed by atoms with van der Waals surface area (Å²) < 4.78 is 0. The third kappa shape index (κ3) is 3.76. The molecule has 2 fully saturated rings. The summed E-state index contributed by atoms with van der Waals surface area (Å²) in [6, 6.07) is 1.59. The van der Waals surface area contributed by atoms with Gasteiger partial charge in [-0.15, -0.1) is 0 Å². The lowest BCUT2D eigenvalue weighted by atomic mass is 9.84. The van der Waals surface area contributed by atoms with Gasteiger partial charge in [0.25, 0.3) is 0 Å². The van der Waals surface area contributed by atoms with Crippen LogP contribution in [0.4, 0.5) is 0 Å². The summed E-state index contributed by atoms with van der Waals surface area (Å²) in [7, 11) is 0. The van der Waals surface area contributed by atoms with Crippen molar-refractivity contribution in [1.29, 1.82) is 0 Å². The zero-order chi connectivity index (χ0) is 14.6. The van der Waals surface area contributed by atoms with Crippen molar-refractivity contribution < 1.29 is 0 Å². The van der Waals surface area contributed by atoms with Gasteiger partial charge in [0.2, 0.25) is 0 Å². The molecule has 2 aliphatic rings. The molecule has 0 bridgehead atoms. The summed E-state index contributed by atoms with van der Waals surface area (Å²) in [5.41, 5.74) is 0.479. The fraction of sp³-hybridized carbons (Fsp3) is 1.00. The second-order valence-corrected chi connectivity index (χ2v) is 7.70. The van der Waals surface area contributed by atoms with E-state index in [0.717, 1.165) is 18.5 Å². The lowest BCUT2D eigenvalue weighted by molar-refractivity contribution is 0.123. The van der Waals surface area contributed by atoms with Crippen molar-refractivity contribution in [2.45, 2.75) is 84.7 Å². The van der Waals surface area contributed by atoms with Gasteiger partial charge >= 0.3 is 0 Å². The molecular weight excluding hydrogens is 244 g/mol. The Morgan fingerprint density at radius 2 is 1.75 bits per heavy atom. The Balaban J connectivity index is 1.95. The molecule has 0 aliphatic heterocycles. The fourth-order valence-electron chi connectivity index (χ4n) is 4.66. The SMILES string of the molecule is CCNC1C(CN(CC)C2CCCCC2)CCC1(C)C. The highest BCUT2D eigenvalue weighted by molar-refractivity contribution is 4.97. The number of hydrogen-bond acceptors (Lipinski definition) is 2. The van der Waals surface area contributed by atoms with Crippen LogP contribution in [0.2, 0.25) is 0 Å². The number of hydrogen-bond donors (Lipinski definition) is 1. The van der Waals surface area contributed by atoms with Crippen molar-refractivity contribution in [2.75, 3.05) is 19.6 Å². The van der Waals surface area contributed by atoms with Crippen LogP contribution in [0.1, 0.15) is 72.6 Å². The van der Waals surface area contributed by atoms with Gasteiger partial charge in [-0.1, -0.05) is 47.0 Å². The van der Waals surface area contributed by atoms with Gasteiger partial charge in [0.15, 0.2) is 0 Å². The molecule has 0 radical (unpaired) electrons. The van der Waals surface area contributed by atoms with Crippen LogP contribution in [0.3, 0.4) is 0 Å². The average molecular weight is 280 g/mol. The zero-order valence-corrected chi connectivity index (χ0v) is 14.3. The van der Waals surface area contributed by atoms with Crippen LogP contribution in [0.15, 0.2) is 0 Å². The number of nitrogens with zero attached hydrogens (tertiary/aromatic N) is 1. The molecule has 2 unspecified atom stereocenters. The summed E-state index contributed by atoms with van der Waals surface area (Å²) in [6.07, 6.45) is 10.0. The Hall–Kier alpha value is -0.0800. The first-order chi connectivity index (χ1) is 9.58. The van der Waals surface area contributed by atoms with Crippen molar-refractivity contribution in [3.8, 4) is 0 Å². The molecule has 20 heavy (non-hydrogen) atoms. The summed E-state index contributed by atoms with van der Waals surface area (Å²) in [4.78, 5) is 2.80. The Bertz CT molecular complexity index is 281. The van der Waals surface area contributed by atoms with Gasteiger partial charge in [-0.25, -0.2) is 0 Å². The maximum atomic E-state index is 3.79. The normalized spacial score (nSPS) is 31.1. The van der Waals surface area contributed by atoms with Gasteiger partial charge in [-0.05, 0) is 50.1 Å². The Kier molecular flexibility index (Phi) is 5.92. The molecule has 2 atom stereocenters. The Morgan fingerprint density at radius 3 is 2.35 bits per heavy atom. The lowest BCUT2D eigenvalue weighted by Crippen LogP contribution is -2.47. The minimum absolute atomic E-state index is 0.479. The van der Waals surface area contributed by atoms with Crippen LogP contribution in [0.5, 0.6) is 0 Å². The number of nitrogens with one attached hydrogen (secondary N) is 1. The molecular formula is C18H36N2. The minimum atomic E-state index is 0.479. The smallest absolute Gasteiger partial charge is 0.0159 e. The molecule has 0 aromatic heterocycles. The van der Waals surface area contributed by atoms with E-state index in [1.54, 1.807) is 0 Å². The third-order valence-corrected chi connectivity index (χ3v) is 5.86. The van der Waals surface area contributed by atoms with Crippen LogP contribution in [0, 0.1) is 11.3 Å². The maximum absolute atomic E-state index is 3.79. The van der Waals surface area contributed by atoms with Gasteiger partial charge in [0.05, 0.1) is 0 Å². The van der Waals surface area contributed by atoms with Crippen LogP contribution in [0.25, 0.3) is 0 Å². The van der Waals surface area contributed by atoms with E-state index in [2.05, 4.69) is 37.9 Å². The Labute approximate surface area is 126 Å². The van der Waals surface area contributed by atoms with Crippen molar-refractivity contribution in [3.05, 3.63) is 0 Å². The molecule has 0 saturated heterocycles. The summed E-state index contributed by atoms with van der Waals surface area (Å²) in [5.74, 6) is 0.854. The van der Waals surface area contributed by atoms with E-state index >= 15 is 0 Å². The third-order valence-electron chi connectivity index (χ3n) is 5.86. The van der Waals surface area contributed by atoms with Gasteiger partial charge in [0, 0.05) is 18.6 Å². The molecule has 118 valence electrons. The second kappa shape index (κ2) is 7.26. The monoisotopic (exact) mass is 280 g/mol. The van der Waals surface area contributed by atoms with Crippen molar-refractivity contribution in [1.82, 2.24) is 10.2 Å². The van der Waals surface area contributed by atoms with Gasteiger partial charge < -0.3 is 10.2 Å². The van der Waals surface area contributed by atoms with E-state index in [-0.39, 0.29) is 0 Å². The predicted octanol–water partition coefficient (Wildman–Crippen LogP) is 4.06. The topological polar surface area (TPSA) is 15.3 Å². The first kappa shape index (κ1) is 16.3. The first-order valence-electron chi connectivity index (χ1n) is 9.06. The highest BCUT2D eigenvalue weighted by atomic mass is 15.2. The van der Waals surface area contributed by atoms with Gasteiger partial charge in [0.1, 0.15) is 0 Å². The lowest BCUT2D eigenvalue weighted by Gasteiger charge is -2.38. The molecule has 0 amide bonds. The molecule has 2 aliphatic carbocycles. The molecule has 0 aromatic carbocycles. The van der Waals surface area contributed by atoms with Crippen molar-refractivity contribution in [2.24, 2.45) is 11.3 Å². The van der Waals surface area contributed by atoms with E-state index in [0.29, 0.717) is 11.5 Å². The maximum Gasteiger partial charge on any atom is 0.0159 e. The van der Waals surface area contributed by atoms with E-state index in [9.17, 15) is 0 Å². The summed E-state index contributed by atoms with van der Waals surface area (Å²) in [5, 5.41) is 3.79. The number of rotatable bonds is 6. The van der Waals surface area contributed by atoms with Crippen LogP contribution in [-0.2, 0) is 0 Å². The molecule has 2 saturated carbocycles. The molecule has 0 heterocycles. The second-order valence-electron chi connectivity index (χ2n) is 7.70. The van der Waals surface area contributed by atoms with E-state index in [1.165, 1.54) is 58.0 Å².